The summed E-state index contributed by atoms with van der Waals surface area (Å²) in [7, 11) is -1.09. The number of nitrogens with one attached hydrogen (secondary N) is 3. The lowest BCUT2D eigenvalue weighted by molar-refractivity contribution is -0.131. The van der Waals surface area contributed by atoms with Crippen LogP contribution in [0.25, 0.3) is 0 Å². The number of anilines is 5. The third-order valence-electron chi connectivity index (χ3n) is 4.57. The number of carboxylic acid groups (broad SMARTS) is 1. The first kappa shape index (κ1) is 25.7. The Labute approximate surface area is 206 Å². The maximum Gasteiger partial charge on any atom is 0.328 e. The molecule has 0 aliphatic rings. The van der Waals surface area contributed by atoms with Crippen molar-refractivity contribution in [1.29, 1.82) is 0 Å². The molecular formula is C23H23ClN5O5P. The molecule has 3 rings (SSSR count). The highest BCUT2D eigenvalue weighted by molar-refractivity contribution is 7.70. The van der Waals surface area contributed by atoms with Gasteiger partial charge in [0.1, 0.15) is 17.9 Å². The van der Waals surface area contributed by atoms with Crippen LogP contribution in [0, 0.1) is 0 Å². The van der Waals surface area contributed by atoms with Gasteiger partial charge in [-0.15, -0.1) is 0 Å². The summed E-state index contributed by atoms with van der Waals surface area (Å²) in [6, 6.07) is 12.0. The third kappa shape index (κ3) is 7.05. The van der Waals surface area contributed by atoms with Crippen molar-refractivity contribution in [2.75, 3.05) is 36.4 Å². The monoisotopic (exact) mass is 515 g/mol. The van der Waals surface area contributed by atoms with E-state index in [9.17, 15) is 14.2 Å². The molecule has 0 aliphatic heterocycles. The van der Waals surface area contributed by atoms with Crippen molar-refractivity contribution in [3.8, 4) is 5.75 Å². The fourth-order valence-electron chi connectivity index (χ4n) is 3.03. The van der Waals surface area contributed by atoms with Gasteiger partial charge in [0.05, 0.1) is 24.7 Å². The Bertz CT molecular complexity index is 1340. The molecule has 0 unspecified atom stereocenters. The molecule has 35 heavy (non-hydrogen) atoms. The molecule has 0 saturated carbocycles. The minimum atomic E-state index is -2.57. The van der Waals surface area contributed by atoms with Crippen LogP contribution >= 0.6 is 18.7 Å². The Morgan fingerprint density at radius 1 is 1.09 bits per heavy atom. The molecule has 3 aromatic rings. The average molecular weight is 516 g/mol. The smallest absolute Gasteiger partial charge is 0.328 e. The summed E-state index contributed by atoms with van der Waals surface area (Å²) >= 11 is 6.30. The van der Waals surface area contributed by atoms with E-state index in [1.54, 1.807) is 43.7 Å². The number of rotatable bonds is 9. The first-order valence-electron chi connectivity index (χ1n) is 10.2. The van der Waals surface area contributed by atoms with Gasteiger partial charge in [0.25, 0.3) is 0 Å². The molecule has 0 radical (unpaired) electrons. The van der Waals surface area contributed by atoms with Crippen LogP contribution in [0.15, 0.2) is 60.8 Å². The standard InChI is InChI=1S/C23H23ClN5O5P/c1-34-18-9-8-14(26-20(30)10-11-21(31)32)12-17(18)28-23-25-13-15(24)22(29-23)27-16-6-4-5-7-19(16)35(2,3)33/h4-13H,1-3H3,(H,26,30)(H,31,32)(H2,25,27,28,29)/b11-10+. The highest BCUT2D eigenvalue weighted by Crippen LogP contribution is 2.39. The molecule has 1 heterocycles. The number of ether oxygens (including phenoxy) is 1. The predicted octanol–water partition coefficient (Wildman–Crippen LogP) is 4.45. The van der Waals surface area contributed by atoms with Crippen LogP contribution in [0.4, 0.5) is 28.8 Å². The number of para-hydroxylation sites is 1. The van der Waals surface area contributed by atoms with Gasteiger partial charge in [0.2, 0.25) is 11.9 Å². The lowest BCUT2D eigenvalue weighted by atomic mass is 10.2. The molecule has 1 amide bonds. The fourth-order valence-corrected chi connectivity index (χ4v) is 4.32. The lowest BCUT2D eigenvalue weighted by Crippen LogP contribution is -2.11. The van der Waals surface area contributed by atoms with Gasteiger partial charge in [-0.25, -0.2) is 9.78 Å². The molecule has 0 fully saturated rings. The number of halogens is 1. The van der Waals surface area contributed by atoms with Crippen molar-refractivity contribution < 1.29 is 24.0 Å². The number of aromatic nitrogens is 2. The average Bonchev–Trinajstić information content (AvgIpc) is 2.80. The number of hydrogen-bond acceptors (Lipinski definition) is 8. The Balaban J connectivity index is 1.88. The molecule has 4 N–H and O–H groups in total. The van der Waals surface area contributed by atoms with Crippen molar-refractivity contribution in [2.45, 2.75) is 0 Å². The van der Waals surface area contributed by atoms with E-state index in [4.69, 9.17) is 21.4 Å². The van der Waals surface area contributed by atoms with Crippen LogP contribution in [0.5, 0.6) is 5.75 Å². The highest BCUT2D eigenvalue weighted by atomic mass is 35.5. The summed E-state index contributed by atoms with van der Waals surface area (Å²) < 4.78 is 18.0. The van der Waals surface area contributed by atoms with E-state index in [1.807, 2.05) is 12.1 Å². The molecule has 2 aromatic carbocycles. The molecule has 1 aromatic heterocycles. The second-order valence-electron chi connectivity index (χ2n) is 7.58. The van der Waals surface area contributed by atoms with Gasteiger partial charge in [-0.2, -0.15) is 4.98 Å². The minimum absolute atomic E-state index is 0.179. The van der Waals surface area contributed by atoms with Gasteiger partial charge in [0.15, 0.2) is 5.82 Å². The number of methoxy groups -OCH3 is 1. The molecule has 0 atom stereocenters. The second kappa shape index (κ2) is 11.0. The molecule has 12 heteroatoms. The van der Waals surface area contributed by atoms with Crippen LogP contribution in [-0.4, -0.2) is 47.4 Å². The van der Waals surface area contributed by atoms with Gasteiger partial charge < -0.3 is 30.4 Å². The first-order valence-corrected chi connectivity index (χ1v) is 13.2. The highest BCUT2D eigenvalue weighted by Gasteiger charge is 2.17. The van der Waals surface area contributed by atoms with Crippen molar-refractivity contribution >= 4 is 64.8 Å². The Kier molecular flexibility index (Phi) is 8.11. The molecule has 182 valence electrons. The number of carboxylic acids is 1. The zero-order chi connectivity index (χ0) is 25.6. The Morgan fingerprint density at radius 3 is 2.51 bits per heavy atom. The maximum atomic E-state index is 12.7. The van der Waals surface area contributed by atoms with Gasteiger partial charge in [-0.1, -0.05) is 23.7 Å². The van der Waals surface area contributed by atoms with Gasteiger partial charge in [-0.3, -0.25) is 4.79 Å². The van der Waals surface area contributed by atoms with E-state index in [2.05, 4.69) is 25.9 Å². The summed E-state index contributed by atoms with van der Waals surface area (Å²) in [6.45, 7) is 3.36. The van der Waals surface area contributed by atoms with Gasteiger partial charge in [-0.05, 0) is 43.7 Å². The number of hydrogen-bond donors (Lipinski definition) is 4. The van der Waals surface area contributed by atoms with Crippen LogP contribution in [0.1, 0.15) is 0 Å². The van der Waals surface area contributed by atoms with E-state index in [0.29, 0.717) is 33.9 Å². The zero-order valence-electron chi connectivity index (χ0n) is 19.1. The quantitative estimate of drug-likeness (QED) is 0.240. The first-order chi connectivity index (χ1) is 16.6. The van der Waals surface area contributed by atoms with E-state index in [-0.39, 0.29) is 11.0 Å². The van der Waals surface area contributed by atoms with Gasteiger partial charge in [0, 0.05) is 23.1 Å². The summed E-state index contributed by atoms with van der Waals surface area (Å²) in [5, 5.41) is 18.3. The molecule has 10 nitrogen and oxygen atoms in total. The van der Waals surface area contributed by atoms with Crippen molar-refractivity contribution in [2.24, 2.45) is 0 Å². The van der Waals surface area contributed by atoms with E-state index in [0.717, 1.165) is 12.2 Å². The number of carbonyl (C=O) groups excluding carboxylic acids is 1. The minimum Gasteiger partial charge on any atom is -0.495 e. The molecule has 0 spiro atoms. The van der Waals surface area contributed by atoms with E-state index < -0.39 is 19.0 Å². The molecule has 0 aliphatic carbocycles. The number of amides is 1. The number of aliphatic carboxylic acids is 1. The third-order valence-corrected chi connectivity index (χ3v) is 6.40. The van der Waals surface area contributed by atoms with Crippen LogP contribution in [0.3, 0.4) is 0 Å². The summed E-state index contributed by atoms with van der Waals surface area (Å²) in [5.41, 5.74) is 1.44. The number of benzene rings is 2. The predicted molar refractivity (Wildman–Crippen MR) is 138 cm³/mol. The summed E-state index contributed by atoms with van der Waals surface area (Å²) in [5.74, 6) is -0.920. The van der Waals surface area contributed by atoms with E-state index in [1.165, 1.54) is 13.3 Å². The second-order valence-corrected chi connectivity index (χ2v) is 11.2. The van der Waals surface area contributed by atoms with Crippen LogP contribution in [-0.2, 0) is 14.2 Å². The van der Waals surface area contributed by atoms with Crippen LogP contribution in [0.2, 0.25) is 5.02 Å². The van der Waals surface area contributed by atoms with Gasteiger partial charge >= 0.3 is 5.97 Å². The van der Waals surface area contributed by atoms with Crippen molar-refractivity contribution in [3.05, 3.63) is 65.8 Å². The summed E-state index contributed by atoms with van der Waals surface area (Å²) in [4.78, 5) is 31.1. The van der Waals surface area contributed by atoms with Crippen LogP contribution < -0.4 is 26.0 Å². The Hall–Kier alpha value is -3.88. The molecule has 0 saturated heterocycles. The van der Waals surface area contributed by atoms with Crippen molar-refractivity contribution in [3.63, 3.8) is 0 Å². The summed E-state index contributed by atoms with van der Waals surface area (Å²) in [6.07, 6.45) is 3.06. The molecular weight excluding hydrogens is 493 g/mol. The lowest BCUT2D eigenvalue weighted by Gasteiger charge is -2.16. The fraction of sp³-hybridized carbons (Fsp3) is 0.130. The normalized spacial score (nSPS) is 11.2. The van der Waals surface area contributed by atoms with Crippen molar-refractivity contribution in [1.82, 2.24) is 9.97 Å². The molecule has 0 bridgehead atoms. The topological polar surface area (TPSA) is 143 Å². The number of carbonyl (C=O) groups is 2. The number of nitrogens with zero attached hydrogens (tertiary/aromatic N) is 2. The SMILES string of the molecule is COc1ccc(NC(=O)/C=C/C(=O)O)cc1Nc1ncc(Cl)c(Nc2ccccc2P(C)(C)=O)n1. The largest absolute Gasteiger partial charge is 0.495 e. The zero-order valence-corrected chi connectivity index (χ0v) is 20.7. The maximum absolute atomic E-state index is 12.7. The Morgan fingerprint density at radius 2 is 1.83 bits per heavy atom. The van der Waals surface area contributed by atoms with E-state index >= 15 is 0 Å².